The van der Waals surface area contributed by atoms with E-state index in [1.165, 1.54) is 12.3 Å². The molecule has 0 radical (unpaired) electrons. The van der Waals surface area contributed by atoms with Gasteiger partial charge in [-0.05, 0) is 31.7 Å². The lowest BCUT2D eigenvalue weighted by Gasteiger charge is -2.28. The van der Waals surface area contributed by atoms with E-state index < -0.39 is 10.5 Å². The van der Waals surface area contributed by atoms with E-state index in [0.717, 1.165) is 25.5 Å². The number of hydrogen-bond acceptors (Lipinski definition) is 5. The van der Waals surface area contributed by atoms with Crippen LogP contribution in [0, 0.1) is 5.92 Å². The summed E-state index contributed by atoms with van der Waals surface area (Å²) in [5.74, 6) is -0.174. The van der Waals surface area contributed by atoms with Crippen LogP contribution in [-0.4, -0.2) is 36.8 Å². The van der Waals surface area contributed by atoms with Gasteiger partial charge in [-0.2, -0.15) is 8.42 Å². The van der Waals surface area contributed by atoms with E-state index in [4.69, 9.17) is 0 Å². The number of carbonyl (C=O) groups is 1. The van der Waals surface area contributed by atoms with Gasteiger partial charge >= 0.3 is 10.5 Å². The number of halogens is 1. The molecule has 0 saturated carbocycles. The molecule has 2 atom stereocenters. The molecule has 0 N–H and O–H groups in total. The number of likely N-dealkylation sites (tertiary alicyclic amines) is 1. The van der Waals surface area contributed by atoms with Crippen LogP contribution < -0.4 is 4.18 Å². The monoisotopic (exact) mass is 330 g/mol. The highest BCUT2D eigenvalue weighted by atomic mass is 32.3. The smallest absolute Gasteiger partial charge is 0.357 e. The lowest BCUT2D eigenvalue weighted by atomic mass is 10.1. The van der Waals surface area contributed by atoms with Crippen molar-refractivity contribution in [2.24, 2.45) is 5.92 Å². The molecule has 0 spiro atoms. The number of aromatic nitrogens is 1. The van der Waals surface area contributed by atoms with Gasteiger partial charge in [-0.15, -0.1) is 0 Å². The molecular formula is C14H19FN2O4S. The van der Waals surface area contributed by atoms with Gasteiger partial charge in [0.05, 0.1) is 11.8 Å². The summed E-state index contributed by atoms with van der Waals surface area (Å²) in [6.45, 7) is 4.70. The highest BCUT2D eigenvalue weighted by Crippen LogP contribution is 2.23. The zero-order valence-corrected chi connectivity index (χ0v) is 13.3. The molecule has 1 aromatic rings. The Morgan fingerprint density at radius 1 is 1.36 bits per heavy atom. The second kappa shape index (κ2) is 6.60. The average molecular weight is 330 g/mol. The first-order valence-corrected chi connectivity index (χ1v) is 8.47. The predicted octanol–water partition coefficient (Wildman–Crippen LogP) is 2.33. The van der Waals surface area contributed by atoms with E-state index in [0.29, 0.717) is 12.5 Å². The van der Waals surface area contributed by atoms with Crippen molar-refractivity contribution in [1.29, 1.82) is 0 Å². The van der Waals surface area contributed by atoms with Gasteiger partial charge in [0.1, 0.15) is 0 Å². The minimum absolute atomic E-state index is 0.0898. The molecule has 1 aromatic heterocycles. The number of carbonyl (C=O) groups excluding carboxylic acids is 1. The topological polar surface area (TPSA) is 76.6 Å². The Morgan fingerprint density at radius 2 is 2.09 bits per heavy atom. The lowest BCUT2D eigenvalue weighted by Crippen LogP contribution is -2.39. The molecule has 8 heteroatoms. The summed E-state index contributed by atoms with van der Waals surface area (Å²) >= 11 is 0. The SMILES string of the molecule is CC1CCCC(C)N(C(=O)c2cncc(OS(=O)(=O)F)c2)C1. The number of pyridine rings is 1. The molecule has 6 nitrogen and oxygen atoms in total. The van der Waals surface area contributed by atoms with E-state index in [9.17, 15) is 17.1 Å². The normalized spacial score (nSPS) is 23.0. The predicted molar refractivity (Wildman–Crippen MR) is 78.4 cm³/mol. The maximum Gasteiger partial charge on any atom is 0.488 e. The van der Waals surface area contributed by atoms with E-state index in [-0.39, 0.29) is 23.3 Å². The zero-order valence-electron chi connectivity index (χ0n) is 12.5. The molecule has 0 bridgehead atoms. The summed E-state index contributed by atoms with van der Waals surface area (Å²) in [5, 5.41) is 0. The lowest BCUT2D eigenvalue weighted by molar-refractivity contribution is 0.0676. The van der Waals surface area contributed by atoms with Crippen molar-refractivity contribution >= 4 is 16.4 Å². The molecule has 0 aromatic carbocycles. The summed E-state index contributed by atoms with van der Waals surface area (Å²) in [6.07, 6.45) is 5.41. The third-order valence-electron chi connectivity index (χ3n) is 3.78. The fourth-order valence-electron chi connectivity index (χ4n) is 2.67. The molecule has 2 rings (SSSR count). The van der Waals surface area contributed by atoms with Gasteiger partial charge < -0.3 is 9.08 Å². The third-order valence-corrected chi connectivity index (χ3v) is 4.17. The maximum atomic E-state index is 12.6. The third kappa shape index (κ3) is 4.40. The van der Waals surface area contributed by atoms with Gasteiger partial charge in [0.2, 0.25) is 0 Å². The summed E-state index contributed by atoms with van der Waals surface area (Å²) in [4.78, 5) is 18.1. The van der Waals surface area contributed by atoms with Crippen LogP contribution in [-0.2, 0) is 10.5 Å². The first kappa shape index (κ1) is 16.7. The molecule has 2 unspecified atom stereocenters. The molecule has 1 aliphatic heterocycles. The second-order valence-corrected chi connectivity index (χ2v) is 6.68. The Hall–Kier alpha value is -1.70. The molecule has 1 aliphatic rings. The van der Waals surface area contributed by atoms with Crippen molar-refractivity contribution in [3.63, 3.8) is 0 Å². The molecule has 2 heterocycles. The standard InChI is InChI=1S/C14H19FN2O4S/c1-10-4-3-5-11(2)17(9-10)14(18)12-6-13(8-16-7-12)21-22(15,19)20/h6-8,10-11H,3-5,9H2,1-2H3. The Morgan fingerprint density at radius 3 is 2.77 bits per heavy atom. The highest BCUT2D eigenvalue weighted by Gasteiger charge is 2.26. The zero-order chi connectivity index (χ0) is 16.3. The van der Waals surface area contributed by atoms with E-state index >= 15 is 0 Å². The number of nitrogens with zero attached hydrogens (tertiary/aromatic N) is 2. The molecule has 0 aliphatic carbocycles. The number of hydrogen-bond donors (Lipinski definition) is 0. The van der Waals surface area contributed by atoms with Crippen molar-refractivity contribution in [2.45, 2.75) is 39.2 Å². The van der Waals surface area contributed by atoms with Crippen LogP contribution in [0.1, 0.15) is 43.5 Å². The number of amides is 1. The van der Waals surface area contributed by atoms with Crippen LogP contribution in [0.25, 0.3) is 0 Å². The van der Waals surface area contributed by atoms with Gasteiger partial charge in [0, 0.05) is 18.8 Å². The summed E-state index contributed by atoms with van der Waals surface area (Å²) in [6, 6.07) is 1.28. The largest absolute Gasteiger partial charge is 0.488 e. The van der Waals surface area contributed by atoms with Gasteiger partial charge in [-0.3, -0.25) is 9.78 Å². The van der Waals surface area contributed by atoms with Crippen molar-refractivity contribution in [2.75, 3.05) is 6.54 Å². The van der Waals surface area contributed by atoms with Crippen LogP contribution in [0.15, 0.2) is 18.5 Å². The minimum Gasteiger partial charge on any atom is -0.357 e. The van der Waals surface area contributed by atoms with Crippen LogP contribution in [0.5, 0.6) is 5.75 Å². The molecule has 22 heavy (non-hydrogen) atoms. The van der Waals surface area contributed by atoms with E-state index in [1.807, 2.05) is 6.92 Å². The molecule has 122 valence electrons. The first-order chi connectivity index (χ1) is 10.3. The minimum atomic E-state index is -5.13. The quantitative estimate of drug-likeness (QED) is 0.795. The van der Waals surface area contributed by atoms with Crippen molar-refractivity contribution in [1.82, 2.24) is 9.88 Å². The Balaban J connectivity index is 2.22. The summed E-state index contributed by atoms with van der Waals surface area (Å²) < 4.78 is 37.7. The van der Waals surface area contributed by atoms with Gasteiger partial charge in [-0.25, -0.2) is 0 Å². The van der Waals surface area contributed by atoms with E-state index in [1.54, 1.807) is 4.90 Å². The van der Waals surface area contributed by atoms with Crippen molar-refractivity contribution in [3.8, 4) is 5.75 Å². The van der Waals surface area contributed by atoms with Gasteiger partial charge in [0.25, 0.3) is 5.91 Å². The first-order valence-electron chi connectivity index (χ1n) is 7.16. The van der Waals surface area contributed by atoms with Crippen LogP contribution in [0.4, 0.5) is 3.89 Å². The van der Waals surface area contributed by atoms with Gasteiger partial charge in [-0.1, -0.05) is 17.2 Å². The fraction of sp³-hybridized carbons (Fsp3) is 0.571. The Bertz CT molecular complexity index is 650. The van der Waals surface area contributed by atoms with Crippen LogP contribution >= 0.6 is 0 Å². The summed E-state index contributed by atoms with van der Waals surface area (Å²) in [7, 11) is -5.13. The Kier molecular flexibility index (Phi) is 5.00. The van der Waals surface area contributed by atoms with Crippen molar-refractivity contribution < 1.29 is 21.3 Å². The van der Waals surface area contributed by atoms with E-state index in [2.05, 4.69) is 16.1 Å². The molecule has 1 fully saturated rings. The molecular weight excluding hydrogens is 311 g/mol. The summed E-state index contributed by atoms with van der Waals surface area (Å²) in [5.41, 5.74) is 0.183. The second-order valence-electron chi connectivity index (χ2n) is 5.73. The van der Waals surface area contributed by atoms with Gasteiger partial charge in [0.15, 0.2) is 5.75 Å². The van der Waals surface area contributed by atoms with Crippen LogP contribution in [0.3, 0.4) is 0 Å². The fourth-order valence-corrected chi connectivity index (χ4v) is 2.99. The molecule has 1 saturated heterocycles. The van der Waals surface area contributed by atoms with Crippen molar-refractivity contribution in [3.05, 3.63) is 24.0 Å². The average Bonchev–Trinajstić information content (AvgIpc) is 2.58. The Labute approximate surface area is 129 Å². The maximum absolute atomic E-state index is 12.6. The molecule has 1 amide bonds. The highest BCUT2D eigenvalue weighted by molar-refractivity contribution is 7.81. The van der Waals surface area contributed by atoms with Crippen LogP contribution in [0.2, 0.25) is 0 Å². The number of rotatable bonds is 3.